The van der Waals surface area contributed by atoms with Crippen molar-refractivity contribution in [2.24, 2.45) is 0 Å². The third-order valence-corrected chi connectivity index (χ3v) is 4.11. The summed E-state index contributed by atoms with van der Waals surface area (Å²) in [6, 6.07) is 10.6. The number of hydrogen-bond acceptors (Lipinski definition) is 3. The van der Waals surface area contributed by atoms with Crippen LogP contribution < -0.4 is 5.32 Å². The van der Waals surface area contributed by atoms with Crippen LogP contribution in [0.15, 0.2) is 36.4 Å². The summed E-state index contributed by atoms with van der Waals surface area (Å²) in [5.41, 5.74) is 3.69. The molecule has 0 fully saturated rings. The Hall–Kier alpha value is -2.33. The molecule has 0 aromatic heterocycles. The summed E-state index contributed by atoms with van der Waals surface area (Å²) in [7, 11) is 0. The number of nitrogens with one attached hydrogen (secondary N) is 1. The summed E-state index contributed by atoms with van der Waals surface area (Å²) in [5.74, 6) is -0.918. The zero-order valence-electron chi connectivity index (χ0n) is 13.3. The molecule has 2 rings (SSSR count). The Morgan fingerprint density at radius 3 is 2.48 bits per heavy atom. The van der Waals surface area contributed by atoms with Gasteiger partial charge in [0.05, 0.1) is 5.56 Å². The van der Waals surface area contributed by atoms with E-state index in [1.807, 2.05) is 19.9 Å². The van der Waals surface area contributed by atoms with Gasteiger partial charge in [0.15, 0.2) is 6.61 Å². The fraction of sp³-hybridized carbons (Fsp3) is 0.222. The predicted molar refractivity (Wildman–Crippen MR) is 91.0 cm³/mol. The summed E-state index contributed by atoms with van der Waals surface area (Å²) in [6.07, 6.45) is 0. The molecule has 0 atom stereocenters. The number of rotatable bonds is 4. The summed E-state index contributed by atoms with van der Waals surface area (Å²) in [6.45, 7) is 5.22. The van der Waals surface area contributed by atoms with Crippen molar-refractivity contribution < 1.29 is 14.3 Å². The number of esters is 1. The van der Waals surface area contributed by atoms with Gasteiger partial charge in [-0.2, -0.15) is 0 Å². The quantitative estimate of drug-likeness (QED) is 0.859. The monoisotopic (exact) mass is 331 g/mol. The molecular formula is C18H18ClNO3. The van der Waals surface area contributed by atoms with Crippen molar-refractivity contribution >= 4 is 29.2 Å². The number of benzene rings is 2. The van der Waals surface area contributed by atoms with Gasteiger partial charge in [0.2, 0.25) is 0 Å². The molecular weight excluding hydrogens is 314 g/mol. The highest BCUT2D eigenvalue weighted by molar-refractivity contribution is 6.31. The van der Waals surface area contributed by atoms with E-state index in [1.165, 1.54) is 0 Å². The summed E-state index contributed by atoms with van der Waals surface area (Å²) in [4.78, 5) is 24.0. The van der Waals surface area contributed by atoms with Crippen LogP contribution in [-0.2, 0) is 9.53 Å². The Labute approximate surface area is 140 Å². The molecule has 0 spiro atoms. The Kier molecular flexibility index (Phi) is 5.40. The Balaban J connectivity index is 1.98. The van der Waals surface area contributed by atoms with Crippen LogP contribution in [-0.4, -0.2) is 18.5 Å². The lowest BCUT2D eigenvalue weighted by molar-refractivity contribution is -0.119. The molecule has 0 unspecified atom stereocenters. The second-order valence-electron chi connectivity index (χ2n) is 5.28. The number of amides is 1. The predicted octanol–water partition coefficient (Wildman–Crippen LogP) is 4.06. The van der Waals surface area contributed by atoms with Gasteiger partial charge in [-0.25, -0.2) is 4.79 Å². The van der Waals surface area contributed by atoms with E-state index in [4.69, 9.17) is 16.3 Å². The molecule has 4 nitrogen and oxygen atoms in total. The highest BCUT2D eigenvalue weighted by Crippen LogP contribution is 2.22. The molecule has 0 saturated carbocycles. The number of carbonyl (C=O) groups excluding carboxylic acids is 2. The lowest BCUT2D eigenvalue weighted by atomic mass is 10.0. The summed E-state index contributed by atoms with van der Waals surface area (Å²) in [5, 5.41) is 3.25. The van der Waals surface area contributed by atoms with Crippen molar-refractivity contribution in [3.05, 3.63) is 63.7 Å². The number of hydrogen-bond donors (Lipinski definition) is 1. The molecule has 0 aliphatic carbocycles. The molecule has 1 amide bonds. The van der Waals surface area contributed by atoms with Gasteiger partial charge in [-0.05, 0) is 55.7 Å². The molecule has 0 aliphatic rings. The Bertz CT molecular complexity index is 756. The van der Waals surface area contributed by atoms with Gasteiger partial charge < -0.3 is 10.1 Å². The normalized spacial score (nSPS) is 10.3. The number of aryl methyl sites for hydroxylation is 1. The largest absolute Gasteiger partial charge is 0.452 e. The maximum absolute atomic E-state index is 12.1. The second kappa shape index (κ2) is 7.29. The fourth-order valence-electron chi connectivity index (χ4n) is 2.11. The lowest BCUT2D eigenvalue weighted by Crippen LogP contribution is -2.21. The van der Waals surface area contributed by atoms with Crippen molar-refractivity contribution in [2.45, 2.75) is 20.8 Å². The molecule has 0 radical (unpaired) electrons. The van der Waals surface area contributed by atoms with Gasteiger partial charge in [-0.3, -0.25) is 4.79 Å². The van der Waals surface area contributed by atoms with E-state index >= 15 is 0 Å². The SMILES string of the molecule is Cc1cccc(C(=O)OCC(=O)Nc2cccc(Cl)c2C)c1C. The first kappa shape index (κ1) is 17.0. The molecule has 2 aromatic carbocycles. The van der Waals surface area contributed by atoms with E-state index in [2.05, 4.69) is 5.32 Å². The third-order valence-electron chi connectivity index (χ3n) is 3.70. The fourth-order valence-corrected chi connectivity index (χ4v) is 2.28. The topological polar surface area (TPSA) is 55.4 Å². The van der Waals surface area contributed by atoms with E-state index in [9.17, 15) is 9.59 Å². The minimum absolute atomic E-state index is 0.349. The van der Waals surface area contributed by atoms with Gasteiger partial charge in [0.25, 0.3) is 5.91 Å². The van der Waals surface area contributed by atoms with Crippen molar-refractivity contribution in [1.82, 2.24) is 0 Å². The smallest absolute Gasteiger partial charge is 0.338 e. The maximum atomic E-state index is 12.1. The molecule has 0 saturated heterocycles. The molecule has 5 heteroatoms. The van der Waals surface area contributed by atoms with Crippen LogP contribution in [0, 0.1) is 20.8 Å². The van der Waals surface area contributed by atoms with Crippen LogP contribution in [0.4, 0.5) is 5.69 Å². The molecule has 0 bridgehead atoms. The van der Waals surface area contributed by atoms with E-state index in [0.717, 1.165) is 16.7 Å². The van der Waals surface area contributed by atoms with Gasteiger partial charge in [-0.1, -0.05) is 29.8 Å². The molecule has 120 valence electrons. The van der Waals surface area contributed by atoms with E-state index < -0.39 is 11.9 Å². The minimum Gasteiger partial charge on any atom is -0.452 e. The van der Waals surface area contributed by atoms with Gasteiger partial charge in [-0.15, -0.1) is 0 Å². The third kappa shape index (κ3) is 4.11. The van der Waals surface area contributed by atoms with Crippen molar-refractivity contribution in [1.29, 1.82) is 0 Å². The number of halogens is 1. The van der Waals surface area contributed by atoms with Gasteiger partial charge >= 0.3 is 5.97 Å². The van der Waals surface area contributed by atoms with Crippen LogP contribution in [0.3, 0.4) is 0 Å². The van der Waals surface area contributed by atoms with Gasteiger partial charge in [0, 0.05) is 10.7 Å². The van der Waals surface area contributed by atoms with E-state index in [-0.39, 0.29) is 6.61 Å². The molecule has 23 heavy (non-hydrogen) atoms. The Morgan fingerprint density at radius 2 is 1.74 bits per heavy atom. The lowest BCUT2D eigenvalue weighted by Gasteiger charge is -2.11. The van der Waals surface area contributed by atoms with E-state index in [1.54, 1.807) is 37.3 Å². The zero-order valence-corrected chi connectivity index (χ0v) is 14.0. The summed E-state index contributed by atoms with van der Waals surface area (Å²) < 4.78 is 5.08. The van der Waals surface area contributed by atoms with Crippen LogP contribution in [0.1, 0.15) is 27.0 Å². The van der Waals surface area contributed by atoms with Crippen molar-refractivity contribution in [3.8, 4) is 0 Å². The number of carbonyl (C=O) groups is 2. The first-order valence-corrected chi connectivity index (χ1v) is 7.56. The molecule has 1 N–H and O–H groups in total. The highest BCUT2D eigenvalue weighted by atomic mass is 35.5. The van der Waals surface area contributed by atoms with E-state index in [0.29, 0.717) is 16.3 Å². The summed E-state index contributed by atoms with van der Waals surface area (Å²) >= 11 is 6.00. The number of ether oxygens (including phenoxy) is 1. The second-order valence-corrected chi connectivity index (χ2v) is 5.69. The first-order valence-electron chi connectivity index (χ1n) is 7.18. The molecule has 0 heterocycles. The van der Waals surface area contributed by atoms with Crippen LogP contribution in [0.2, 0.25) is 5.02 Å². The van der Waals surface area contributed by atoms with Gasteiger partial charge in [0.1, 0.15) is 0 Å². The average molecular weight is 332 g/mol. The molecule has 2 aromatic rings. The molecule has 0 aliphatic heterocycles. The highest BCUT2D eigenvalue weighted by Gasteiger charge is 2.14. The minimum atomic E-state index is -0.510. The zero-order chi connectivity index (χ0) is 17.0. The first-order chi connectivity index (χ1) is 10.9. The average Bonchev–Trinajstić information content (AvgIpc) is 2.52. The van der Waals surface area contributed by atoms with Crippen molar-refractivity contribution in [3.63, 3.8) is 0 Å². The number of anilines is 1. The standard InChI is InChI=1S/C18H18ClNO3/c1-11-6-4-7-14(12(11)2)18(22)23-10-17(21)20-16-9-5-8-15(19)13(16)3/h4-9H,10H2,1-3H3,(H,20,21). The Morgan fingerprint density at radius 1 is 1.04 bits per heavy atom. The van der Waals surface area contributed by atoms with Crippen LogP contribution in [0.25, 0.3) is 0 Å². The maximum Gasteiger partial charge on any atom is 0.338 e. The van der Waals surface area contributed by atoms with Crippen molar-refractivity contribution in [2.75, 3.05) is 11.9 Å². The van der Waals surface area contributed by atoms with Crippen LogP contribution in [0.5, 0.6) is 0 Å². The van der Waals surface area contributed by atoms with Crippen LogP contribution >= 0.6 is 11.6 Å².